The van der Waals surface area contributed by atoms with Crippen molar-refractivity contribution in [1.82, 2.24) is 19.4 Å². The van der Waals surface area contributed by atoms with Crippen LogP contribution in [0.5, 0.6) is 0 Å². The first-order valence-corrected chi connectivity index (χ1v) is 14.1. The number of benzene rings is 3. The van der Waals surface area contributed by atoms with Gasteiger partial charge in [0.15, 0.2) is 5.15 Å². The summed E-state index contributed by atoms with van der Waals surface area (Å²) >= 11 is 6.64. The van der Waals surface area contributed by atoms with Crippen LogP contribution in [0.25, 0.3) is 38.9 Å². The van der Waals surface area contributed by atoms with E-state index in [0.29, 0.717) is 23.0 Å². The maximum atomic E-state index is 12.5. The maximum Gasteiger partial charge on any atom is 0.338 e. The van der Waals surface area contributed by atoms with Crippen molar-refractivity contribution in [3.05, 3.63) is 114 Å². The number of anilines is 1. The van der Waals surface area contributed by atoms with E-state index in [1.54, 1.807) is 30.5 Å². The summed E-state index contributed by atoms with van der Waals surface area (Å²) in [5.41, 5.74) is 8.31. The zero-order valence-electron chi connectivity index (χ0n) is 22.4. The molecule has 0 spiro atoms. The Balaban J connectivity index is 1.13. The van der Waals surface area contributed by atoms with Gasteiger partial charge < -0.3 is 4.74 Å². The fourth-order valence-corrected chi connectivity index (χ4v) is 5.83. The second kappa shape index (κ2) is 10.9. The van der Waals surface area contributed by atoms with Gasteiger partial charge in [-0.25, -0.2) is 19.7 Å². The van der Waals surface area contributed by atoms with Crippen LogP contribution in [0.2, 0.25) is 5.15 Å². The van der Waals surface area contributed by atoms with E-state index < -0.39 is 0 Å². The largest absolute Gasteiger partial charge is 0.462 e. The summed E-state index contributed by atoms with van der Waals surface area (Å²) in [6, 6.07) is 26.9. The third kappa shape index (κ3) is 4.85. The molecule has 3 aromatic heterocycles. The number of fused-ring (bicyclic) bond motifs is 2. The van der Waals surface area contributed by atoms with Crippen molar-refractivity contribution in [3.63, 3.8) is 0 Å². The number of hydrogen-bond acceptors (Lipinski definition) is 7. The predicted molar refractivity (Wildman–Crippen MR) is 162 cm³/mol. The summed E-state index contributed by atoms with van der Waals surface area (Å²) in [5.74, 6) is 0.984. The molecule has 0 bridgehead atoms. The van der Waals surface area contributed by atoms with Gasteiger partial charge in [0.1, 0.15) is 11.3 Å². The predicted octanol–water partition coefficient (Wildman–Crippen LogP) is 7.42. The average Bonchev–Trinajstić information content (AvgIpc) is 3.40. The van der Waals surface area contributed by atoms with Crippen molar-refractivity contribution in [3.8, 4) is 22.5 Å². The van der Waals surface area contributed by atoms with E-state index in [1.165, 1.54) is 0 Å². The molecule has 208 valence electrons. The van der Waals surface area contributed by atoms with Crippen LogP contribution < -0.4 is 5.48 Å². The second-order valence-corrected chi connectivity index (χ2v) is 10.9. The van der Waals surface area contributed by atoms with E-state index in [9.17, 15) is 4.79 Å². The van der Waals surface area contributed by atoms with Crippen LogP contribution in [-0.4, -0.2) is 37.1 Å². The van der Waals surface area contributed by atoms with Crippen molar-refractivity contribution in [2.45, 2.75) is 18.8 Å². The summed E-state index contributed by atoms with van der Waals surface area (Å²) in [7, 11) is 0. The standard InChI is InChI=1S/C33H26ClN5O3/c34-31-30-29(24-7-6-22-10-13-27(36-28(22)18-24)21-4-2-1-3-5-21)37-32(39(30)15-14-35-31)25-16-20(17-25)19-42-33(40)23-8-11-26(38-41)12-9-23/h1-15,18,20,25,38,41H,16-17,19H2. The molecule has 0 atom stereocenters. The topological polar surface area (TPSA) is 102 Å². The van der Waals surface area contributed by atoms with Gasteiger partial charge in [0.2, 0.25) is 0 Å². The Labute approximate surface area is 246 Å². The Bertz CT molecular complexity index is 1920. The van der Waals surface area contributed by atoms with Crippen molar-refractivity contribution in [1.29, 1.82) is 0 Å². The Morgan fingerprint density at radius 1 is 0.976 bits per heavy atom. The quantitative estimate of drug-likeness (QED) is 0.151. The molecule has 0 radical (unpaired) electrons. The highest BCUT2D eigenvalue weighted by atomic mass is 35.5. The molecular formula is C33H26ClN5O3. The molecule has 2 N–H and O–H groups in total. The van der Waals surface area contributed by atoms with Gasteiger partial charge in [-0.1, -0.05) is 60.1 Å². The number of halogens is 1. The summed E-state index contributed by atoms with van der Waals surface area (Å²) < 4.78 is 7.60. The van der Waals surface area contributed by atoms with Gasteiger partial charge in [0, 0.05) is 34.8 Å². The van der Waals surface area contributed by atoms with E-state index in [2.05, 4.69) is 40.8 Å². The highest BCUT2D eigenvalue weighted by Gasteiger charge is 2.35. The number of ether oxygens (including phenoxy) is 1. The summed E-state index contributed by atoms with van der Waals surface area (Å²) in [6.07, 6.45) is 5.28. The minimum Gasteiger partial charge on any atom is -0.462 e. The van der Waals surface area contributed by atoms with Gasteiger partial charge >= 0.3 is 5.97 Å². The SMILES string of the molecule is O=C(OCC1CC(c2nc(-c3ccc4ccc(-c5ccccc5)nc4c3)c3c(Cl)nccn23)C1)c1ccc(NO)cc1. The van der Waals surface area contributed by atoms with Gasteiger partial charge in [0.25, 0.3) is 0 Å². The number of hydrogen-bond donors (Lipinski definition) is 2. The molecule has 3 heterocycles. The number of carbonyl (C=O) groups is 1. The first-order chi connectivity index (χ1) is 20.6. The molecule has 9 heteroatoms. The molecule has 7 rings (SSSR count). The number of rotatable bonds is 7. The normalized spacial score (nSPS) is 16.3. The fraction of sp³-hybridized carbons (Fsp3) is 0.152. The van der Waals surface area contributed by atoms with Crippen molar-refractivity contribution in [2.24, 2.45) is 5.92 Å². The third-order valence-electron chi connectivity index (χ3n) is 7.87. The van der Waals surface area contributed by atoms with Gasteiger partial charge in [-0.15, -0.1) is 0 Å². The highest BCUT2D eigenvalue weighted by Crippen LogP contribution is 2.43. The summed E-state index contributed by atoms with van der Waals surface area (Å²) in [6.45, 7) is 0.341. The molecule has 8 nitrogen and oxygen atoms in total. The number of pyridine rings is 1. The minimum atomic E-state index is -0.380. The second-order valence-electron chi connectivity index (χ2n) is 10.5. The Hall–Kier alpha value is -4.79. The fourth-order valence-electron chi connectivity index (χ4n) is 5.59. The molecule has 6 aromatic rings. The molecule has 1 saturated carbocycles. The lowest BCUT2D eigenvalue weighted by molar-refractivity contribution is 0.0341. The van der Waals surface area contributed by atoms with Gasteiger partial charge in [0.05, 0.1) is 34.8 Å². The number of nitrogens with zero attached hydrogens (tertiary/aromatic N) is 4. The van der Waals surface area contributed by atoms with Crippen LogP contribution in [0.4, 0.5) is 5.69 Å². The summed E-state index contributed by atoms with van der Waals surface area (Å²) in [5, 5.41) is 10.4. The third-order valence-corrected chi connectivity index (χ3v) is 8.15. The number of esters is 1. The number of nitrogens with one attached hydrogen (secondary N) is 1. The zero-order chi connectivity index (χ0) is 28.6. The lowest BCUT2D eigenvalue weighted by Crippen LogP contribution is -2.28. The molecule has 0 aliphatic heterocycles. The molecule has 0 saturated heterocycles. The van der Waals surface area contributed by atoms with Gasteiger partial charge in [-0.3, -0.25) is 15.1 Å². The minimum absolute atomic E-state index is 0.201. The molecule has 1 aliphatic rings. The van der Waals surface area contributed by atoms with Crippen LogP contribution in [0.3, 0.4) is 0 Å². The zero-order valence-corrected chi connectivity index (χ0v) is 23.2. The van der Waals surface area contributed by atoms with Crippen LogP contribution in [0, 0.1) is 5.92 Å². The number of imidazole rings is 1. The molecule has 42 heavy (non-hydrogen) atoms. The molecule has 3 aromatic carbocycles. The average molecular weight is 576 g/mol. The smallest absolute Gasteiger partial charge is 0.338 e. The van der Waals surface area contributed by atoms with Crippen molar-refractivity contribution >= 4 is 39.7 Å². The molecule has 1 fully saturated rings. The van der Waals surface area contributed by atoms with Crippen molar-refractivity contribution < 1.29 is 14.7 Å². The van der Waals surface area contributed by atoms with Crippen LogP contribution in [0.1, 0.15) is 34.9 Å². The lowest BCUT2D eigenvalue weighted by Gasteiger charge is -2.34. The maximum absolute atomic E-state index is 12.5. The first kappa shape index (κ1) is 26.1. The van der Waals surface area contributed by atoms with Crippen LogP contribution in [0.15, 0.2) is 97.3 Å². The Morgan fingerprint density at radius 2 is 1.76 bits per heavy atom. The molecule has 1 aliphatic carbocycles. The van der Waals surface area contributed by atoms with Crippen LogP contribution >= 0.6 is 11.6 Å². The summed E-state index contributed by atoms with van der Waals surface area (Å²) in [4.78, 5) is 26.8. The monoisotopic (exact) mass is 575 g/mol. The van der Waals surface area contributed by atoms with E-state index in [4.69, 9.17) is 31.5 Å². The van der Waals surface area contributed by atoms with Gasteiger partial charge in [-0.05, 0) is 55.2 Å². The van der Waals surface area contributed by atoms with E-state index in [-0.39, 0.29) is 17.8 Å². The highest BCUT2D eigenvalue weighted by molar-refractivity contribution is 6.33. The van der Waals surface area contributed by atoms with Crippen LogP contribution in [-0.2, 0) is 4.74 Å². The van der Waals surface area contributed by atoms with Crippen molar-refractivity contribution in [2.75, 3.05) is 12.1 Å². The number of carbonyl (C=O) groups excluding carboxylic acids is 1. The molecular weight excluding hydrogens is 550 g/mol. The van der Waals surface area contributed by atoms with Gasteiger partial charge in [-0.2, -0.15) is 0 Å². The molecule has 0 unspecified atom stereocenters. The Morgan fingerprint density at radius 3 is 2.55 bits per heavy atom. The first-order valence-electron chi connectivity index (χ1n) is 13.7. The Kier molecular flexibility index (Phi) is 6.77. The van der Waals surface area contributed by atoms with E-state index in [0.717, 1.165) is 57.6 Å². The van der Waals surface area contributed by atoms with E-state index >= 15 is 0 Å². The van der Waals surface area contributed by atoms with E-state index in [1.807, 2.05) is 40.9 Å². The lowest BCUT2D eigenvalue weighted by atomic mass is 9.75. The number of aromatic nitrogens is 4. The molecule has 0 amide bonds.